The lowest BCUT2D eigenvalue weighted by atomic mass is 10.2. The van der Waals surface area contributed by atoms with E-state index in [4.69, 9.17) is 9.40 Å². The standard InChI is InChI=1S/C16H18N2OS/c1-10(2)17-8-15-11(3)18-16(20-15)13-9-19-14-7-5-4-6-12(13)14/h4-7,9-10,17H,8H2,1-3H3. The monoisotopic (exact) mass is 286 g/mol. The molecule has 0 saturated carbocycles. The van der Waals surface area contributed by atoms with Crippen LogP contribution in [0.15, 0.2) is 34.9 Å². The van der Waals surface area contributed by atoms with E-state index in [1.807, 2.05) is 24.5 Å². The molecule has 0 spiro atoms. The number of thiazole rings is 1. The molecule has 2 aromatic heterocycles. The third kappa shape index (κ3) is 2.49. The molecule has 0 saturated heterocycles. The van der Waals surface area contributed by atoms with Crippen LogP contribution in [0.1, 0.15) is 24.4 Å². The molecule has 0 unspecified atom stereocenters. The zero-order chi connectivity index (χ0) is 14.1. The van der Waals surface area contributed by atoms with E-state index in [0.717, 1.165) is 33.8 Å². The Labute approximate surface area is 122 Å². The molecule has 0 aliphatic heterocycles. The Morgan fingerprint density at radius 3 is 2.90 bits per heavy atom. The van der Waals surface area contributed by atoms with Crippen LogP contribution in [-0.2, 0) is 6.54 Å². The number of nitrogens with one attached hydrogen (secondary N) is 1. The minimum absolute atomic E-state index is 0.481. The van der Waals surface area contributed by atoms with Gasteiger partial charge >= 0.3 is 0 Å². The first kappa shape index (κ1) is 13.3. The molecule has 2 heterocycles. The minimum atomic E-state index is 0.481. The molecule has 20 heavy (non-hydrogen) atoms. The van der Waals surface area contributed by atoms with E-state index in [0.29, 0.717) is 6.04 Å². The number of aromatic nitrogens is 1. The fourth-order valence-electron chi connectivity index (χ4n) is 2.15. The van der Waals surface area contributed by atoms with E-state index < -0.39 is 0 Å². The Morgan fingerprint density at radius 2 is 2.10 bits per heavy atom. The predicted octanol–water partition coefficient (Wildman–Crippen LogP) is 4.36. The SMILES string of the molecule is Cc1nc(-c2coc3ccccc23)sc1CNC(C)C. The second-order valence-corrected chi connectivity index (χ2v) is 6.29. The van der Waals surface area contributed by atoms with Crippen molar-refractivity contribution in [2.24, 2.45) is 0 Å². The maximum Gasteiger partial charge on any atom is 0.134 e. The highest BCUT2D eigenvalue weighted by Crippen LogP contribution is 2.34. The molecule has 104 valence electrons. The Bertz CT molecular complexity index is 727. The topological polar surface area (TPSA) is 38.1 Å². The Hall–Kier alpha value is -1.65. The number of benzene rings is 1. The first-order valence-corrected chi connectivity index (χ1v) is 7.63. The van der Waals surface area contributed by atoms with Gasteiger partial charge in [-0.25, -0.2) is 4.98 Å². The summed E-state index contributed by atoms with van der Waals surface area (Å²) in [7, 11) is 0. The molecule has 0 radical (unpaired) electrons. The average molecular weight is 286 g/mol. The minimum Gasteiger partial charge on any atom is -0.464 e. The smallest absolute Gasteiger partial charge is 0.134 e. The summed E-state index contributed by atoms with van der Waals surface area (Å²) in [4.78, 5) is 5.99. The highest BCUT2D eigenvalue weighted by molar-refractivity contribution is 7.15. The van der Waals surface area contributed by atoms with Crippen LogP contribution in [0.3, 0.4) is 0 Å². The summed E-state index contributed by atoms with van der Waals surface area (Å²) in [6.07, 6.45) is 1.81. The van der Waals surface area contributed by atoms with Crippen LogP contribution in [0.4, 0.5) is 0 Å². The second-order valence-electron chi connectivity index (χ2n) is 5.21. The molecule has 1 N–H and O–H groups in total. The van der Waals surface area contributed by atoms with Crippen LogP contribution in [0.5, 0.6) is 0 Å². The number of hydrogen-bond donors (Lipinski definition) is 1. The van der Waals surface area contributed by atoms with Crippen molar-refractivity contribution in [3.8, 4) is 10.6 Å². The number of para-hydroxylation sites is 1. The van der Waals surface area contributed by atoms with E-state index in [9.17, 15) is 0 Å². The van der Waals surface area contributed by atoms with Gasteiger partial charge in [0.15, 0.2) is 0 Å². The number of aryl methyl sites for hydroxylation is 1. The highest BCUT2D eigenvalue weighted by atomic mass is 32.1. The molecule has 3 rings (SSSR count). The van der Waals surface area contributed by atoms with Crippen molar-refractivity contribution in [3.63, 3.8) is 0 Å². The van der Waals surface area contributed by atoms with Gasteiger partial charge in [-0.1, -0.05) is 32.0 Å². The largest absolute Gasteiger partial charge is 0.464 e. The molecule has 0 aliphatic rings. The quantitative estimate of drug-likeness (QED) is 0.774. The number of furan rings is 1. The number of nitrogens with zero attached hydrogens (tertiary/aromatic N) is 1. The Kier molecular flexibility index (Phi) is 3.59. The summed E-state index contributed by atoms with van der Waals surface area (Å²) >= 11 is 1.74. The lowest BCUT2D eigenvalue weighted by Crippen LogP contribution is -2.21. The number of fused-ring (bicyclic) bond motifs is 1. The van der Waals surface area contributed by atoms with Crippen molar-refractivity contribution in [2.45, 2.75) is 33.4 Å². The van der Waals surface area contributed by atoms with Crippen LogP contribution in [0.2, 0.25) is 0 Å². The summed E-state index contributed by atoms with van der Waals surface area (Å²) in [5.41, 5.74) is 3.10. The van der Waals surface area contributed by atoms with Gasteiger partial charge in [0.1, 0.15) is 16.9 Å². The zero-order valence-electron chi connectivity index (χ0n) is 11.9. The third-order valence-corrected chi connectivity index (χ3v) is 4.47. The summed E-state index contributed by atoms with van der Waals surface area (Å²) in [6.45, 7) is 7.25. The third-order valence-electron chi connectivity index (χ3n) is 3.27. The van der Waals surface area contributed by atoms with Crippen LogP contribution in [0, 0.1) is 6.92 Å². The molecule has 0 atom stereocenters. The molecule has 0 amide bonds. The fourth-order valence-corrected chi connectivity index (χ4v) is 3.18. The van der Waals surface area contributed by atoms with E-state index in [2.05, 4.69) is 32.2 Å². The molecular formula is C16H18N2OS. The molecule has 0 fully saturated rings. The highest BCUT2D eigenvalue weighted by Gasteiger charge is 2.14. The van der Waals surface area contributed by atoms with Crippen LogP contribution < -0.4 is 5.32 Å². The van der Waals surface area contributed by atoms with E-state index in [-0.39, 0.29) is 0 Å². The van der Waals surface area contributed by atoms with E-state index >= 15 is 0 Å². The van der Waals surface area contributed by atoms with Gasteiger partial charge in [-0.05, 0) is 13.0 Å². The molecule has 1 aromatic carbocycles. The number of rotatable bonds is 4. The van der Waals surface area contributed by atoms with Crippen molar-refractivity contribution in [1.82, 2.24) is 10.3 Å². The first-order valence-electron chi connectivity index (χ1n) is 6.81. The molecular weight excluding hydrogens is 268 g/mol. The van der Waals surface area contributed by atoms with E-state index in [1.54, 1.807) is 11.3 Å². The van der Waals surface area contributed by atoms with Gasteiger partial charge in [-0.15, -0.1) is 11.3 Å². The molecule has 0 bridgehead atoms. The Balaban J connectivity index is 1.96. The summed E-state index contributed by atoms with van der Waals surface area (Å²) in [5, 5.41) is 5.61. The van der Waals surface area contributed by atoms with Crippen molar-refractivity contribution in [2.75, 3.05) is 0 Å². The fraction of sp³-hybridized carbons (Fsp3) is 0.312. The van der Waals surface area contributed by atoms with Crippen molar-refractivity contribution >= 4 is 22.3 Å². The lowest BCUT2D eigenvalue weighted by Gasteiger charge is -2.05. The van der Waals surface area contributed by atoms with Gasteiger partial charge in [0, 0.05) is 22.8 Å². The maximum absolute atomic E-state index is 5.60. The maximum atomic E-state index is 5.60. The number of hydrogen-bond acceptors (Lipinski definition) is 4. The van der Waals surface area contributed by atoms with Crippen molar-refractivity contribution in [1.29, 1.82) is 0 Å². The van der Waals surface area contributed by atoms with Gasteiger partial charge in [-0.2, -0.15) is 0 Å². The Morgan fingerprint density at radius 1 is 1.30 bits per heavy atom. The van der Waals surface area contributed by atoms with Crippen molar-refractivity contribution in [3.05, 3.63) is 41.1 Å². The van der Waals surface area contributed by atoms with E-state index in [1.165, 1.54) is 4.88 Å². The van der Waals surface area contributed by atoms with Crippen LogP contribution >= 0.6 is 11.3 Å². The first-order chi connectivity index (χ1) is 9.65. The lowest BCUT2D eigenvalue weighted by molar-refractivity contribution is 0.591. The van der Waals surface area contributed by atoms with Crippen molar-refractivity contribution < 1.29 is 4.42 Å². The summed E-state index contributed by atoms with van der Waals surface area (Å²) in [6, 6.07) is 8.57. The summed E-state index contributed by atoms with van der Waals surface area (Å²) < 4.78 is 5.60. The van der Waals surface area contributed by atoms with Gasteiger partial charge < -0.3 is 9.73 Å². The van der Waals surface area contributed by atoms with Gasteiger partial charge in [0.25, 0.3) is 0 Å². The van der Waals surface area contributed by atoms with Gasteiger partial charge in [-0.3, -0.25) is 0 Å². The molecule has 3 nitrogen and oxygen atoms in total. The normalized spacial score (nSPS) is 11.6. The van der Waals surface area contributed by atoms with Crippen LogP contribution in [0.25, 0.3) is 21.5 Å². The second kappa shape index (κ2) is 5.38. The molecule has 3 aromatic rings. The van der Waals surface area contributed by atoms with Gasteiger partial charge in [0.05, 0.1) is 11.3 Å². The predicted molar refractivity (Wildman–Crippen MR) is 84.0 cm³/mol. The van der Waals surface area contributed by atoms with Gasteiger partial charge in [0.2, 0.25) is 0 Å². The average Bonchev–Trinajstić information content (AvgIpc) is 3.00. The van der Waals surface area contributed by atoms with Crippen LogP contribution in [-0.4, -0.2) is 11.0 Å². The summed E-state index contributed by atoms with van der Waals surface area (Å²) in [5.74, 6) is 0. The molecule has 4 heteroatoms. The molecule has 0 aliphatic carbocycles. The zero-order valence-corrected chi connectivity index (χ0v) is 12.8.